The molecule has 0 rings (SSSR count). The average molecular weight is 311 g/mol. The van der Waals surface area contributed by atoms with Gasteiger partial charge in [-0.15, -0.1) is 0 Å². The second-order valence-electron chi connectivity index (χ2n) is 6.62. The van der Waals surface area contributed by atoms with Crippen LogP contribution < -0.4 is 5.73 Å². The van der Waals surface area contributed by atoms with Crippen LogP contribution in [0.3, 0.4) is 0 Å². The van der Waals surface area contributed by atoms with Gasteiger partial charge in [-0.2, -0.15) is 0 Å². The molecule has 2 heteroatoms. The molecule has 0 atom stereocenters. The fraction of sp³-hybridized carbons (Fsp3) is 0.950. The van der Waals surface area contributed by atoms with Crippen LogP contribution in [-0.2, 0) is 0 Å². The molecule has 0 fully saturated rings. The summed E-state index contributed by atoms with van der Waals surface area (Å²) in [5.74, 6) is 0. The molecule has 0 aromatic heterocycles. The lowest BCUT2D eigenvalue weighted by atomic mass is 10.1. The highest BCUT2D eigenvalue weighted by molar-refractivity contribution is 5.56. The first-order valence-corrected chi connectivity index (χ1v) is 10.1. The van der Waals surface area contributed by atoms with Crippen LogP contribution in [0.25, 0.3) is 0 Å². The van der Waals surface area contributed by atoms with Crippen LogP contribution in [0.2, 0.25) is 0 Å². The Kier molecular flexibility index (Phi) is 20.3. The zero-order chi connectivity index (χ0) is 16.1. The van der Waals surface area contributed by atoms with Crippen LogP contribution in [0, 0.1) is 0 Å². The van der Waals surface area contributed by atoms with Crippen LogP contribution in [-0.4, -0.2) is 19.3 Å². The van der Waals surface area contributed by atoms with Gasteiger partial charge in [0.2, 0.25) is 0 Å². The molecule has 0 unspecified atom stereocenters. The largest absolute Gasteiger partial charge is 0.330 e. The number of hydrogen-bond donors (Lipinski definition) is 1. The van der Waals surface area contributed by atoms with Gasteiger partial charge < -0.3 is 5.73 Å². The molecule has 0 heterocycles. The third kappa shape index (κ3) is 19.6. The Balaban J connectivity index is 2.99. The van der Waals surface area contributed by atoms with Gasteiger partial charge in [0.05, 0.1) is 0 Å². The van der Waals surface area contributed by atoms with E-state index < -0.39 is 0 Å². The lowest BCUT2D eigenvalue weighted by molar-refractivity contribution is 0.543. The standard InChI is InChI=1S/C20H42N2/c1-2-3-4-16-19-22-20-17-14-12-10-8-6-5-7-9-11-13-15-18-21/h19H,2-18,20-21H2,1H3. The first-order chi connectivity index (χ1) is 10.9. The van der Waals surface area contributed by atoms with Crippen molar-refractivity contribution in [2.24, 2.45) is 10.7 Å². The zero-order valence-corrected chi connectivity index (χ0v) is 15.3. The minimum Gasteiger partial charge on any atom is -0.330 e. The van der Waals surface area contributed by atoms with E-state index in [1.807, 2.05) is 0 Å². The topological polar surface area (TPSA) is 38.4 Å². The Morgan fingerprint density at radius 3 is 1.64 bits per heavy atom. The molecule has 2 N–H and O–H groups in total. The molecule has 2 nitrogen and oxygen atoms in total. The molecule has 132 valence electrons. The monoisotopic (exact) mass is 310 g/mol. The molecular formula is C20H42N2. The molecule has 0 aromatic carbocycles. The smallest absolute Gasteiger partial charge is 0.0385 e. The summed E-state index contributed by atoms with van der Waals surface area (Å²) in [6.45, 7) is 4.17. The van der Waals surface area contributed by atoms with E-state index in [0.717, 1.165) is 13.1 Å². The van der Waals surface area contributed by atoms with Crippen molar-refractivity contribution in [1.82, 2.24) is 0 Å². The van der Waals surface area contributed by atoms with E-state index in [1.54, 1.807) is 0 Å². The van der Waals surface area contributed by atoms with E-state index in [9.17, 15) is 0 Å². The second kappa shape index (κ2) is 20.6. The highest BCUT2D eigenvalue weighted by atomic mass is 14.7. The van der Waals surface area contributed by atoms with Gasteiger partial charge in [0, 0.05) is 6.54 Å². The van der Waals surface area contributed by atoms with E-state index in [0.29, 0.717) is 0 Å². The molecule has 0 saturated carbocycles. The molecule has 0 saturated heterocycles. The van der Waals surface area contributed by atoms with Crippen molar-refractivity contribution in [2.75, 3.05) is 13.1 Å². The third-order valence-electron chi connectivity index (χ3n) is 4.31. The summed E-state index contributed by atoms with van der Waals surface area (Å²) in [5, 5.41) is 0. The number of hydrogen-bond acceptors (Lipinski definition) is 2. The SMILES string of the molecule is CCCCCC=NCCCCCCCCCCCCCCN. The number of nitrogens with two attached hydrogens (primary N) is 1. The zero-order valence-electron chi connectivity index (χ0n) is 15.3. The van der Waals surface area contributed by atoms with Crippen LogP contribution in [0.4, 0.5) is 0 Å². The fourth-order valence-corrected chi connectivity index (χ4v) is 2.78. The first-order valence-electron chi connectivity index (χ1n) is 10.1. The van der Waals surface area contributed by atoms with E-state index in [4.69, 9.17) is 5.73 Å². The maximum Gasteiger partial charge on any atom is 0.0385 e. The normalized spacial score (nSPS) is 11.5. The Bertz CT molecular complexity index is 214. The summed E-state index contributed by atoms with van der Waals surface area (Å²) < 4.78 is 0. The van der Waals surface area contributed by atoms with Crippen molar-refractivity contribution >= 4 is 6.21 Å². The number of nitrogens with zero attached hydrogens (tertiary/aromatic N) is 1. The predicted molar refractivity (Wildman–Crippen MR) is 102 cm³/mol. The molecule has 0 aliphatic rings. The highest BCUT2D eigenvalue weighted by Gasteiger charge is 1.93. The second-order valence-corrected chi connectivity index (χ2v) is 6.62. The van der Waals surface area contributed by atoms with Gasteiger partial charge in [0.15, 0.2) is 0 Å². The van der Waals surface area contributed by atoms with Gasteiger partial charge in [-0.3, -0.25) is 4.99 Å². The number of aliphatic imine (C=N–C) groups is 1. The summed E-state index contributed by atoms with van der Waals surface area (Å²) >= 11 is 0. The summed E-state index contributed by atoms with van der Waals surface area (Å²) in [6.07, 6.45) is 23.8. The average Bonchev–Trinajstić information content (AvgIpc) is 2.54. The van der Waals surface area contributed by atoms with Gasteiger partial charge in [-0.05, 0) is 38.4 Å². The molecular weight excluding hydrogens is 268 g/mol. The first kappa shape index (κ1) is 21.6. The summed E-state index contributed by atoms with van der Waals surface area (Å²) in [5.41, 5.74) is 5.49. The quantitative estimate of drug-likeness (QED) is 0.235. The maximum absolute atomic E-state index is 5.49. The maximum atomic E-state index is 5.49. The lowest BCUT2D eigenvalue weighted by Crippen LogP contribution is -1.97. The number of unbranched alkanes of at least 4 members (excludes halogenated alkanes) is 14. The molecule has 0 aliphatic heterocycles. The van der Waals surface area contributed by atoms with E-state index in [1.165, 1.54) is 103 Å². The highest BCUT2D eigenvalue weighted by Crippen LogP contribution is 2.11. The molecule has 22 heavy (non-hydrogen) atoms. The Hall–Kier alpha value is -0.370. The molecule has 0 amide bonds. The van der Waals surface area contributed by atoms with Crippen LogP contribution in [0.15, 0.2) is 4.99 Å². The summed E-state index contributed by atoms with van der Waals surface area (Å²) in [7, 11) is 0. The molecule has 0 spiro atoms. The number of rotatable bonds is 18. The lowest BCUT2D eigenvalue weighted by Gasteiger charge is -2.02. The van der Waals surface area contributed by atoms with Crippen molar-refractivity contribution in [2.45, 2.75) is 110 Å². The minimum atomic E-state index is 0.865. The summed E-state index contributed by atoms with van der Waals surface area (Å²) in [4.78, 5) is 4.50. The van der Waals surface area contributed by atoms with Gasteiger partial charge >= 0.3 is 0 Å². The minimum absolute atomic E-state index is 0.865. The predicted octanol–water partition coefficient (Wildman–Crippen LogP) is 6.28. The van der Waals surface area contributed by atoms with Crippen molar-refractivity contribution < 1.29 is 0 Å². The van der Waals surface area contributed by atoms with Crippen LogP contribution in [0.5, 0.6) is 0 Å². The molecule has 0 bridgehead atoms. The van der Waals surface area contributed by atoms with Gasteiger partial charge in [0.25, 0.3) is 0 Å². The Morgan fingerprint density at radius 2 is 1.14 bits per heavy atom. The fourth-order valence-electron chi connectivity index (χ4n) is 2.78. The van der Waals surface area contributed by atoms with Crippen molar-refractivity contribution in [3.63, 3.8) is 0 Å². The van der Waals surface area contributed by atoms with Crippen LogP contribution >= 0.6 is 0 Å². The van der Waals surface area contributed by atoms with E-state index in [-0.39, 0.29) is 0 Å². The van der Waals surface area contributed by atoms with Crippen LogP contribution in [0.1, 0.15) is 110 Å². The Labute approximate surface area is 140 Å². The van der Waals surface area contributed by atoms with Gasteiger partial charge in [0.1, 0.15) is 0 Å². The van der Waals surface area contributed by atoms with E-state index in [2.05, 4.69) is 18.1 Å². The summed E-state index contributed by atoms with van der Waals surface area (Å²) in [6, 6.07) is 0. The molecule has 0 aromatic rings. The van der Waals surface area contributed by atoms with Gasteiger partial charge in [-0.25, -0.2) is 0 Å². The van der Waals surface area contributed by atoms with Crippen molar-refractivity contribution in [3.8, 4) is 0 Å². The van der Waals surface area contributed by atoms with Gasteiger partial charge in [-0.1, -0.05) is 84.0 Å². The molecule has 0 radical (unpaired) electrons. The molecule has 0 aliphatic carbocycles. The van der Waals surface area contributed by atoms with E-state index >= 15 is 0 Å². The van der Waals surface area contributed by atoms with Crippen molar-refractivity contribution in [3.05, 3.63) is 0 Å². The Morgan fingerprint density at radius 1 is 0.636 bits per heavy atom. The van der Waals surface area contributed by atoms with Crippen molar-refractivity contribution in [1.29, 1.82) is 0 Å². The third-order valence-corrected chi connectivity index (χ3v) is 4.31.